The summed E-state index contributed by atoms with van der Waals surface area (Å²) >= 11 is 9.47. The maximum atomic E-state index is 13.1. The van der Waals surface area contributed by atoms with Gasteiger partial charge >= 0.3 is 0 Å². The van der Waals surface area contributed by atoms with Gasteiger partial charge in [0.15, 0.2) is 0 Å². The average molecular weight is 454 g/mol. The van der Waals surface area contributed by atoms with E-state index in [-0.39, 0.29) is 11.7 Å². The topological polar surface area (TPSA) is 62.0 Å². The molecule has 0 unspecified atom stereocenters. The number of aromatic nitrogens is 1. The minimum absolute atomic E-state index is 0.211. The first kappa shape index (κ1) is 18.5. The Morgan fingerprint density at radius 1 is 0.893 bits per heavy atom. The number of fused-ring (bicyclic) bond motifs is 1. The number of amides is 1. The summed E-state index contributed by atoms with van der Waals surface area (Å²) in [5, 5.41) is 4.15. The Balaban J connectivity index is 1.81. The first-order chi connectivity index (χ1) is 13.5. The predicted octanol–water partition coefficient (Wildman–Crippen LogP) is 6.07. The van der Waals surface area contributed by atoms with Gasteiger partial charge in [-0.15, -0.1) is 0 Å². The first-order valence-electron chi connectivity index (χ1n) is 8.51. The largest absolute Gasteiger partial charge is 0.350 e. The summed E-state index contributed by atoms with van der Waals surface area (Å²) in [5.74, 6) is -0.517. The van der Waals surface area contributed by atoms with Crippen LogP contribution in [-0.4, -0.2) is 16.7 Å². The summed E-state index contributed by atoms with van der Waals surface area (Å²) < 4.78 is 0.798. The van der Waals surface area contributed by atoms with E-state index in [1.165, 1.54) is 0 Å². The highest BCUT2D eigenvalue weighted by Gasteiger charge is 2.21. The Morgan fingerprint density at radius 3 is 2.39 bits per heavy atom. The molecule has 0 bridgehead atoms. The van der Waals surface area contributed by atoms with Gasteiger partial charge in [0.05, 0.1) is 5.69 Å². The van der Waals surface area contributed by atoms with Crippen molar-refractivity contribution in [1.29, 1.82) is 0 Å². The van der Waals surface area contributed by atoms with Crippen LogP contribution in [0.25, 0.3) is 10.9 Å². The van der Waals surface area contributed by atoms with E-state index in [0.717, 1.165) is 4.47 Å². The summed E-state index contributed by atoms with van der Waals surface area (Å²) in [6, 6.07) is 21.2. The Morgan fingerprint density at radius 2 is 1.64 bits per heavy atom. The maximum Gasteiger partial charge on any atom is 0.255 e. The second kappa shape index (κ2) is 7.62. The number of aromatic amines is 1. The number of nitrogens with one attached hydrogen (secondary N) is 2. The van der Waals surface area contributed by atoms with Crippen LogP contribution in [-0.2, 0) is 0 Å². The number of halogens is 2. The van der Waals surface area contributed by atoms with E-state index in [0.29, 0.717) is 38.4 Å². The summed E-state index contributed by atoms with van der Waals surface area (Å²) in [6.45, 7) is 0. The van der Waals surface area contributed by atoms with E-state index in [4.69, 9.17) is 11.6 Å². The third kappa shape index (κ3) is 3.59. The van der Waals surface area contributed by atoms with Crippen LogP contribution in [0.15, 0.2) is 77.3 Å². The van der Waals surface area contributed by atoms with Gasteiger partial charge in [-0.1, -0.05) is 63.9 Å². The van der Waals surface area contributed by atoms with E-state index >= 15 is 0 Å². The van der Waals surface area contributed by atoms with Gasteiger partial charge in [-0.25, -0.2) is 0 Å². The third-order valence-corrected chi connectivity index (χ3v) is 5.08. The lowest BCUT2D eigenvalue weighted by Crippen LogP contribution is -2.14. The van der Waals surface area contributed by atoms with Crippen LogP contribution in [0.5, 0.6) is 0 Å². The molecule has 4 rings (SSSR count). The van der Waals surface area contributed by atoms with Gasteiger partial charge < -0.3 is 10.3 Å². The molecule has 3 aromatic carbocycles. The number of hydrogen-bond donors (Lipinski definition) is 2. The molecular formula is C22H14BrClN2O2. The van der Waals surface area contributed by atoms with E-state index in [1.807, 2.05) is 12.1 Å². The minimum atomic E-state index is -0.306. The normalized spacial score (nSPS) is 10.8. The van der Waals surface area contributed by atoms with E-state index in [2.05, 4.69) is 26.2 Å². The first-order valence-corrected chi connectivity index (χ1v) is 9.68. The van der Waals surface area contributed by atoms with Crippen LogP contribution in [0, 0.1) is 0 Å². The van der Waals surface area contributed by atoms with E-state index < -0.39 is 0 Å². The smallest absolute Gasteiger partial charge is 0.255 e. The van der Waals surface area contributed by atoms with Gasteiger partial charge in [-0.3, -0.25) is 9.59 Å². The van der Waals surface area contributed by atoms with Crippen LogP contribution in [0.1, 0.15) is 26.4 Å². The quantitative estimate of drug-likeness (QED) is 0.369. The van der Waals surface area contributed by atoms with Crippen molar-refractivity contribution < 1.29 is 9.59 Å². The molecule has 0 atom stereocenters. The van der Waals surface area contributed by atoms with Crippen molar-refractivity contribution in [2.45, 2.75) is 0 Å². The molecule has 0 saturated carbocycles. The molecule has 0 aliphatic rings. The SMILES string of the molecule is O=C(Nc1c(C(=O)c2ccccc2)[nH]c2cc(Cl)ccc12)c1cccc(Br)c1. The molecule has 4 nitrogen and oxygen atoms in total. The molecule has 6 heteroatoms. The Labute approximate surface area is 174 Å². The van der Waals surface area contributed by atoms with E-state index in [9.17, 15) is 9.59 Å². The molecule has 1 aromatic heterocycles. The fourth-order valence-corrected chi connectivity index (χ4v) is 3.59. The maximum absolute atomic E-state index is 13.1. The molecule has 138 valence electrons. The van der Waals surface area contributed by atoms with Crippen LogP contribution < -0.4 is 5.32 Å². The number of carbonyl (C=O) groups excluding carboxylic acids is 2. The highest BCUT2D eigenvalue weighted by Crippen LogP contribution is 2.32. The molecule has 1 amide bonds. The number of ketones is 1. The second-order valence-electron chi connectivity index (χ2n) is 6.22. The number of hydrogen-bond acceptors (Lipinski definition) is 2. The van der Waals surface area contributed by atoms with Crippen molar-refractivity contribution in [3.8, 4) is 0 Å². The second-order valence-corrected chi connectivity index (χ2v) is 7.58. The van der Waals surface area contributed by atoms with Crippen LogP contribution >= 0.6 is 27.5 Å². The summed E-state index contributed by atoms with van der Waals surface area (Å²) in [7, 11) is 0. The molecule has 4 aromatic rings. The lowest BCUT2D eigenvalue weighted by molar-refractivity contribution is 0.102. The van der Waals surface area contributed by atoms with Gasteiger partial charge in [0, 0.05) is 31.5 Å². The van der Waals surface area contributed by atoms with Crippen molar-refractivity contribution in [1.82, 2.24) is 4.98 Å². The summed E-state index contributed by atoms with van der Waals surface area (Å²) in [4.78, 5) is 29.0. The number of benzene rings is 3. The molecule has 28 heavy (non-hydrogen) atoms. The average Bonchev–Trinajstić information content (AvgIpc) is 3.05. The lowest BCUT2D eigenvalue weighted by Gasteiger charge is -2.08. The molecule has 2 N–H and O–H groups in total. The summed E-state index contributed by atoms with van der Waals surface area (Å²) in [5.41, 5.74) is 2.43. The van der Waals surface area contributed by atoms with Gasteiger partial charge in [0.2, 0.25) is 5.78 Å². The molecule has 0 radical (unpaired) electrons. The lowest BCUT2D eigenvalue weighted by atomic mass is 10.1. The van der Waals surface area contributed by atoms with Crippen molar-refractivity contribution in [3.63, 3.8) is 0 Å². The highest BCUT2D eigenvalue weighted by atomic mass is 79.9. The molecule has 0 aliphatic carbocycles. The van der Waals surface area contributed by atoms with Gasteiger partial charge in [0.1, 0.15) is 5.69 Å². The molecule has 0 spiro atoms. The fraction of sp³-hybridized carbons (Fsp3) is 0. The van der Waals surface area contributed by atoms with Crippen molar-refractivity contribution in [3.05, 3.63) is 99.1 Å². The molecule has 0 aliphatic heterocycles. The molecule has 1 heterocycles. The van der Waals surface area contributed by atoms with Crippen LogP contribution in [0.2, 0.25) is 5.02 Å². The summed E-state index contributed by atoms with van der Waals surface area (Å²) in [6.07, 6.45) is 0. The van der Waals surface area contributed by atoms with Gasteiger partial charge in [-0.05, 0) is 36.4 Å². The monoisotopic (exact) mass is 452 g/mol. The standard InChI is InChI=1S/C22H14BrClN2O2/c23-15-8-4-7-14(11-15)22(28)26-19-17-10-9-16(24)12-18(17)25-20(19)21(27)13-5-2-1-3-6-13/h1-12,25H,(H,26,28). The number of H-pyrrole nitrogens is 1. The zero-order chi connectivity index (χ0) is 19.7. The minimum Gasteiger partial charge on any atom is -0.350 e. The highest BCUT2D eigenvalue weighted by molar-refractivity contribution is 9.10. The molecular weight excluding hydrogens is 440 g/mol. The zero-order valence-electron chi connectivity index (χ0n) is 14.5. The number of anilines is 1. The molecule has 0 fully saturated rings. The predicted molar refractivity (Wildman–Crippen MR) is 115 cm³/mol. The van der Waals surface area contributed by atoms with E-state index in [1.54, 1.807) is 60.7 Å². The Bertz CT molecular complexity index is 1200. The fourth-order valence-electron chi connectivity index (χ4n) is 3.02. The zero-order valence-corrected chi connectivity index (χ0v) is 16.8. The van der Waals surface area contributed by atoms with Gasteiger partial charge in [0.25, 0.3) is 5.91 Å². The van der Waals surface area contributed by atoms with Gasteiger partial charge in [-0.2, -0.15) is 0 Å². The van der Waals surface area contributed by atoms with Crippen molar-refractivity contribution in [2.24, 2.45) is 0 Å². The molecule has 0 saturated heterocycles. The van der Waals surface area contributed by atoms with Crippen LogP contribution in [0.4, 0.5) is 5.69 Å². The van der Waals surface area contributed by atoms with Crippen molar-refractivity contribution in [2.75, 3.05) is 5.32 Å². The number of carbonyl (C=O) groups is 2. The van der Waals surface area contributed by atoms with Crippen molar-refractivity contribution >= 4 is 55.8 Å². The number of rotatable bonds is 4. The van der Waals surface area contributed by atoms with Crippen LogP contribution in [0.3, 0.4) is 0 Å². The Hall–Kier alpha value is -2.89. The Kier molecular flexibility index (Phi) is 5.03. The third-order valence-electron chi connectivity index (χ3n) is 4.35.